The van der Waals surface area contributed by atoms with Crippen LogP contribution in [0, 0.1) is 13.8 Å². The first kappa shape index (κ1) is 11.6. The van der Waals surface area contributed by atoms with E-state index in [0.717, 1.165) is 13.1 Å². The number of aryl methyl sites for hydroxylation is 2. The van der Waals surface area contributed by atoms with E-state index in [1.165, 1.54) is 32.5 Å². The van der Waals surface area contributed by atoms with Crippen LogP contribution in [0.1, 0.15) is 29.3 Å². The number of hydrogen-bond acceptors (Lipinski definition) is 2. The summed E-state index contributed by atoms with van der Waals surface area (Å²) in [6.45, 7) is 8.75. The largest absolute Gasteiger partial charge is 0.312 e. The van der Waals surface area contributed by atoms with Crippen LogP contribution in [0.3, 0.4) is 0 Å². The molecular formula is C14H19NS. The first-order valence-corrected chi connectivity index (χ1v) is 6.74. The van der Waals surface area contributed by atoms with Crippen molar-refractivity contribution >= 4 is 21.4 Å². The van der Waals surface area contributed by atoms with E-state index >= 15 is 0 Å². The molecular weight excluding hydrogens is 214 g/mol. The highest BCUT2D eigenvalue weighted by atomic mass is 32.1. The minimum Gasteiger partial charge on any atom is -0.312 e. The summed E-state index contributed by atoms with van der Waals surface area (Å²) in [5.41, 5.74) is 2.85. The Kier molecular flexibility index (Phi) is 3.62. The molecule has 0 saturated carbocycles. The lowest BCUT2D eigenvalue weighted by atomic mass is 10.1. The molecule has 0 atom stereocenters. The van der Waals surface area contributed by atoms with Crippen LogP contribution in [0.4, 0.5) is 0 Å². The molecule has 2 heteroatoms. The number of nitrogens with one attached hydrogen (secondary N) is 1. The second-order valence-electron chi connectivity index (χ2n) is 4.28. The standard InChI is InChI=1S/C14H19NS/c1-4-8-15-9-13-11(3)12-7-5-6-10(2)14(12)16-13/h5-7,15H,4,8-9H2,1-3H3. The zero-order chi connectivity index (χ0) is 11.5. The van der Waals surface area contributed by atoms with Gasteiger partial charge in [0.15, 0.2) is 0 Å². The van der Waals surface area contributed by atoms with E-state index < -0.39 is 0 Å². The van der Waals surface area contributed by atoms with Crippen LogP contribution in [-0.4, -0.2) is 6.54 Å². The Morgan fingerprint density at radius 1 is 1.25 bits per heavy atom. The van der Waals surface area contributed by atoms with E-state index in [1.807, 2.05) is 11.3 Å². The van der Waals surface area contributed by atoms with E-state index in [0.29, 0.717) is 0 Å². The molecule has 0 fully saturated rings. The molecule has 0 bridgehead atoms. The van der Waals surface area contributed by atoms with Crippen LogP contribution in [-0.2, 0) is 6.54 Å². The van der Waals surface area contributed by atoms with Crippen LogP contribution >= 0.6 is 11.3 Å². The average molecular weight is 233 g/mol. The summed E-state index contributed by atoms with van der Waals surface area (Å²) in [6, 6.07) is 6.58. The molecule has 1 nitrogen and oxygen atoms in total. The molecule has 0 unspecified atom stereocenters. The maximum Gasteiger partial charge on any atom is 0.0378 e. The Morgan fingerprint density at radius 2 is 2.06 bits per heavy atom. The van der Waals surface area contributed by atoms with Crippen LogP contribution in [0.15, 0.2) is 18.2 Å². The maximum atomic E-state index is 3.48. The molecule has 1 heterocycles. The Labute approximate surface area is 101 Å². The number of thiophene rings is 1. The molecule has 0 radical (unpaired) electrons. The summed E-state index contributed by atoms with van der Waals surface area (Å²) in [7, 11) is 0. The third kappa shape index (κ3) is 2.13. The summed E-state index contributed by atoms with van der Waals surface area (Å²) in [4.78, 5) is 1.48. The third-order valence-electron chi connectivity index (χ3n) is 2.97. The second-order valence-corrected chi connectivity index (χ2v) is 5.38. The van der Waals surface area contributed by atoms with Crippen LogP contribution in [0.25, 0.3) is 10.1 Å². The lowest BCUT2D eigenvalue weighted by Crippen LogP contribution is -2.13. The van der Waals surface area contributed by atoms with Crippen molar-refractivity contribution in [3.8, 4) is 0 Å². The van der Waals surface area contributed by atoms with Gasteiger partial charge in [0.05, 0.1) is 0 Å². The molecule has 0 amide bonds. The van der Waals surface area contributed by atoms with Crippen molar-refractivity contribution in [2.24, 2.45) is 0 Å². The highest BCUT2D eigenvalue weighted by Gasteiger charge is 2.08. The average Bonchev–Trinajstić information content (AvgIpc) is 2.59. The topological polar surface area (TPSA) is 12.0 Å². The molecule has 86 valence electrons. The first-order valence-electron chi connectivity index (χ1n) is 5.92. The van der Waals surface area contributed by atoms with E-state index in [-0.39, 0.29) is 0 Å². The van der Waals surface area contributed by atoms with E-state index in [1.54, 1.807) is 0 Å². The zero-order valence-corrected chi connectivity index (χ0v) is 11.1. The number of fused-ring (bicyclic) bond motifs is 1. The predicted molar refractivity (Wildman–Crippen MR) is 73.3 cm³/mol. The number of hydrogen-bond donors (Lipinski definition) is 1. The van der Waals surface area contributed by atoms with Crippen molar-refractivity contribution < 1.29 is 0 Å². The normalized spacial score (nSPS) is 11.2. The van der Waals surface area contributed by atoms with Gasteiger partial charge in [-0.1, -0.05) is 25.1 Å². The molecule has 16 heavy (non-hydrogen) atoms. The molecule has 1 N–H and O–H groups in total. The van der Waals surface area contributed by atoms with Gasteiger partial charge in [-0.25, -0.2) is 0 Å². The smallest absolute Gasteiger partial charge is 0.0378 e. The Morgan fingerprint density at radius 3 is 2.75 bits per heavy atom. The molecule has 0 aliphatic rings. The fraction of sp³-hybridized carbons (Fsp3) is 0.429. The molecule has 2 rings (SSSR count). The van der Waals surface area contributed by atoms with Gasteiger partial charge in [0.25, 0.3) is 0 Å². The second kappa shape index (κ2) is 4.98. The lowest BCUT2D eigenvalue weighted by molar-refractivity contribution is 0.680. The molecule has 2 aromatic rings. The van der Waals surface area contributed by atoms with E-state index in [4.69, 9.17) is 0 Å². The minimum absolute atomic E-state index is 1.01. The van der Waals surface area contributed by atoms with Crippen LogP contribution in [0.5, 0.6) is 0 Å². The third-order valence-corrected chi connectivity index (χ3v) is 4.41. The summed E-state index contributed by atoms with van der Waals surface area (Å²) >= 11 is 1.94. The van der Waals surface area contributed by atoms with Crippen molar-refractivity contribution in [3.05, 3.63) is 34.2 Å². The Hall–Kier alpha value is -0.860. The fourth-order valence-electron chi connectivity index (χ4n) is 1.98. The van der Waals surface area contributed by atoms with Gasteiger partial charge in [-0.05, 0) is 43.3 Å². The monoisotopic (exact) mass is 233 g/mol. The lowest BCUT2D eigenvalue weighted by Gasteiger charge is -2.01. The molecule has 1 aromatic heterocycles. The van der Waals surface area contributed by atoms with Gasteiger partial charge in [0.1, 0.15) is 0 Å². The fourth-order valence-corrected chi connectivity index (χ4v) is 3.22. The summed E-state index contributed by atoms with van der Waals surface area (Å²) in [6.07, 6.45) is 1.20. The number of rotatable bonds is 4. The Bertz CT molecular complexity index is 485. The summed E-state index contributed by atoms with van der Waals surface area (Å²) in [5.74, 6) is 0. The molecule has 0 spiro atoms. The van der Waals surface area contributed by atoms with Crippen molar-refractivity contribution in [2.45, 2.75) is 33.7 Å². The molecule has 0 aliphatic heterocycles. The van der Waals surface area contributed by atoms with Crippen molar-refractivity contribution in [3.63, 3.8) is 0 Å². The summed E-state index contributed by atoms with van der Waals surface area (Å²) < 4.78 is 1.45. The first-order chi connectivity index (χ1) is 7.74. The van der Waals surface area contributed by atoms with Gasteiger partial charge in [-0.15, -0.1) is 11.3 Å². The maximum absolute atomic E-state index is 3.48. The molecule has 1 aromatic carbocycles. The van der Waals surface area contributed by atoms with E-state index in [9.17, 15) is 0 Å². The van der Waals surface area contributed by atoms with Crippen LogP contribution in [0.2, 0.25) is 0 Å². The van der Waals surface area contributed by atoms with Gasteiger partial charge in [-0.3, -0.25) is 0 Å². The van der Waals surface area contributed by atoms with Crippen molar-refractivity contribution in [1.29, 1.82) is 0 Å². The van der Waals surface area contributed by atoms with Gasteiger partial charge in [0, 0.05) is 16.1 Å². The minimum atomic E-state index is 1.01. The zero-order valence-electron chi connectivity index (χ0n) is 10.3. The molecule has 0 saturated heterocycles. The van der Waals surface area contributed by atoms with Crippen molar-refractivity contribution in [1.82, 2.24) is 5.32 Å². The summed E-state index contributed by atoms with van der Waals surface area (Å²) in [5, 5.41) is 4.91. The number of benzene rings is 1. The highest BCUT2D eigenvalue weighted by Crippen LogP contribution is 2.32. The Balaban J connectivity index is 2.33. The van der Waals surface area contributed by atoms with Crippen LogP contribution < -0.4 is 5.32 Å². The van der Waals surface area contributed by atoms with Crippen molar-refractivity contribution in [2.75, 3.05) is 6.54 Å². The SMILES string of the molecule is CCCNCc1sc2c(C)cccc2c1C. The quantitative estimate of drug-likeness (QED) is 0.787. The van der Waals surface area contributed by atoms with Gasteiger partial charge >= 0.3 is 0 Å². The molecule has 0 aliphatic carbocycles. The van der Waals surface area contributed by atoms with Gasteiger partial charge < -0.3 is 5.32 Å². The highest BCUT2D eigenvalue weighted by molar-refractivity contribution is 7.19. The predicted octanol–water partition coefficient (Wildman–Crippen LogP) is 4.02. The van der Waals surface area contributed by atoms with E-state index in [2.05, 4.69) is 44.3 Å². The van der Waals surface area contributed by atoms with Gasteiger partial charge in [-0.2, -0.15) is 0 Å². The van der Waals surface area contributed by atoms with Gasteiger partial charge in [0.2, 0.25) is 0 Å².